The number of ether oxygens (including phenoxy) is 1. The summed E-state index contributed by atoms with van der Waals surface area (Å²) in [6.07, 6.45) is 8.70. The number of hydrogen-bond acceptors (Lipinski definition) is 4. The molecule has 2 aromatic heterocycles. The van der Waals surface area contributed by atoms with E-state index in [-0.39, 0.29) is 11.8 Å². The van der Waals surface area contributed by atoms with Crippen molar-refractivity contribution in [3.05, 3.63) is 42.0 Å². The molecular formula is C18H22N4O2. The summed E-state index contributed by atoms with van der Waals surface area (Å²) >= 11 is 0. The standard InChI is InChI=1S/C18H22N4O2/c1-21-9-14-10-22(18(23)13-4-2-5-13)11-15(17(14)20-21)12-24-16-6-3-7-19-8-16/h3,6-9,13,15H,2,4-5,10-12H2,1H3/t15-/m1/s1. The molecule has 1 saturated carbocycles. The molecule has 6 nitrogen and oxygen atoms in total. The second-order valence-electron chi connectivity index (χ2n) is 6.76. The molecule has 2 aromatic rings. The van der Waals surface area contributed by atoms with E-state index in [1.807, 2.05) is 35.0 Å². The van der Waals surface area contributed by atoms with Gasteiger partial charge < -0.3 is 9.64 Å². The third kappa shape index (κ3) is 2.88. The Balaban J connectivity index is 1.51. The van der Waals surface area contributed by atoms with Crippen molar-refractivity contribution in [2.24, 2.45) is 13.0 Å². The Hall–Kier alpha value is -2.37. The average molecular weight is 326 g/mol. The number of amides is 1. The maximum Gasteiger partial charge on any atom is 0.226 e. The second-order valence-corrected chi connectivity index (χ2v) is 6.76. The van der Waals surface area contributed by atoms with Gasteiger partial charge in [-0.15, -0.1) is 0 Å². The monoisotopic (exact) mass is 326 g/mol. The quantitative estimate of drug-likeness (QED) is 0.863. The molecule has 0 unspecified atom stereocenters. The van der Waals surface area contributed by atoms with Crippen molar-refractivity contribution in [1.82, 2.24) is 19.7 Å². The highest BCUT2D eigenvalue weighted by molar-refractivity contribution is 5.80. The van der Waals surface area contributed by atoms with E-state index in [2.05, 4.69) is 10.1 Å². The molecule has 1 aliphatic carbocycles. The molecule has 3 heterocycles. The highest BCUT2D eigenvalue weighted by atomic mass is 16.5. The van der Waals surface area contributed by atoms with Crippen LogP contribution in [0.4, 0.5) is 0 Å². The lowest BCUT2D eigenvalue weighted by molar-refractivity contribution is -0.139. The minimum atomic E-state index is 0.0965. The Morgan fingerprint density at radius 2 is 2.29 bits per heavy atom. The van der Waals surface area contributed by atoms with Crippen molar-refractivity contribution in [2.45, 2.75) is 31.7 Å². The Labute approximate surface area is 141 Å². The summed E-state index contributed by atoms with van der Waals surface area (Å²) in [5.41, 5.74) is 2.19. The van der Waals surface area contributed by atoms with Crippen molar-refractivity contribution in [2.75, 3.05) is 13.2 Å². The van der Waals surface area contributed by atoms with Crippen LogP contribution in [0.3, 0.4) is 0 Å². The average Bonchev–Trinajstić information content (AvgIpc) is 2.92. The molecule has 0 saturated heterocycles. The first-order valence-corrected chi connectivity index (χ1v) is 8.54. The fourth-order valence-corrected chi connectivity index (χ4v) is 3.49. The lowest BCUT2D eigenvalue weighted by atomic mass is 9.83. The zero-order valence-corrected chi connectivity index (χ0v) is 13.9. The molecule has 0 aromatic carbocycles. The van der Waals surface area contributed by atoms with Gasteiger partial charge in [0.2, 0.25) is 5.91 Å². The number of carbonyl (C=O) groups is 1. The smallest absolute Gasteiger partial charge is 0.226 e. The number of pyridine rings is 1. The van der Waals surface area contributed by atoms with Gasteiger partial charge >= 0.3 is 0 Å². The lowest BCUT2D eigenvalue weighted by Crippen LogP contribution is -2.44. The van der Waals surface area contributed by atoms with Gasteiger partial charge in [-0.25, -0.2) is 0 Å². The van der Waals surface area contributed by atoms with E-state index in [1.54, 1.807) is 12.4 Å². The van der Waals surface area contributed by atoms with Crippen LogP contribution in [-0.4, -0.2) is 38.7 Å². The largest absolute Gasteiger partial charge is 0.491 e. The van der Waals surface area contributed by atoms with Crippen LogP contribution in [0.25, 0.3) is 0 Å². The van der Waals surface area contributed by atoms with E-state index < -0.39 is 0 Å². The van der Waals surface area contributed by atoms with Gasteiger partial charge in [-0.2, -0.15) is 5.10 Å². The summed E-state index contributed by atoms with van der Waals surface area (Å²) in [6, 6.07) is 3.75. The van der Waals surface area contributed by atoms with Crippen LogP contribution in [0.5, 0.6) is 5.75 Å². The zero-order valence-electron chi connectivity index (χ0n) is 13.9. The molecule has 1 amide bonds. The van der Waals surface area contributed by atoms with Gasteiger partial charge in [0, 0.05) is 44.0 Å². The second kappa shape index (κ2) is 6.26. The van der Waals surface area contributed by atoms with Crippen molar-refractivity contribution in [3.63, 3.8) is 0 Å². The maximum absolute atomic E-state index is 12.7. The van der Waals surface area contributed by atoms with E-state index in [4.69, 9.17) is 4.74 Å². The minimum Gasteiger partial charge on any atom is -0.491 e. The third-order valence-electron chi connectivity index (χ3n) is 4.98. The van der Waals surface area contributed by atoms with E-state index in [0.29, 0.717) is 25.6 Å². The summed E-state index contributed by atoms with van der Waals surface area (Å²) in [4.78, 5) is 18.7. The number of nitrogens with zero attached hydrogens (tertiary/aromatic N) is 4. The molecule has 126 valence electrons. The Bertz CT molecular complexity index is 724. The van der Waals surface area contributed by atoms with Crippen LogP contribution in [0, 0.1) is 5.92 Å². The van der Waals surface area contributed by atoms with Crippen LogP contribution in [0.2, 0.25) is 0 Å². The van der Waals surface area contributed by atoms with E-state index >= 15 is 0 Å². The Kier molecular flexibility index (Phi) is 3.96. The highest BCUT2D eigenvalue weighted by Gasteiger charge is 2.35. The molecule has 0 N–H and O–H groups in total. The van der Waals surface area contributed by atoms with Crippen LogP contribution in [0.1, 0.15) is 36.4 Å². The van der Waals surface area contributed by atoms with E-state index in [0.717, 1.165) is 29.8 Å². The SMILES string of the molecule is Cn1cc2c(n1)[C@@H](COc1cccnc1)CN(C(=O)C1CCC1)C2. The number of fused-ring (bicyclic) bond motifs is 1. The molecule has 1 fully saturated rings. The molecule has 0 radical (unpaired) electrons. The Morgan fingerprint density at radius 3 is 3.00 bits per heavy atom. The maximum atomic E-state index is 12.7. The molecule has 24 heavy (non-hydrogen) atoms. The highest BCUT2D eigenvalue weighted by Crippen LogP contribution is 2.33. The minimum absolute atomic E-state index is 0.0965. The molecule has 0 spiro atoms. The first kappa shape index (κ1) is 15.2. The zero-order chi connectivity index (χ0) is 16.5. The van der Waals surface area contributed by atoms with Crippen LogP contribution in [0.15, 0.2) is 30.7 Å². The molecule has 4 rings (SSSR count). The number of rotatable bonds is 4. The van der Waals surface area contributed by atoms with Gasteiger partial charge in [-0.3, -0.25) is 14.5 Å². The lowest BCUT2D eigenvalue weighted by Gasteiger charge is -2.36. The molecule has 1 aliphatic heterocycles. The third-order valence-corrected chi connectivity index (χ3v) is 4.98. The fourth-order valence-electron chi connectivity index (χ4n) is 3.49. The van der Waals surface area contributed by atoms with Gasteiger partial charge in [0.05, 0.1) is 24.4 Å². The normalized spacial score (nSPS) is 20.4. The van der Waals surface area contributed by atoms with Crippen LogP contribution in [-0.2, 0) is 18.4 Å². The summed E-state index contributed by atoms with van der Waals surface area (Å²) in [5, 5.41) is 4.60. The molecule has 1 atom stereocenters. The predicted octanol–water partition coefficient (Wildman–Crippen LogP) is 2.12. The van der Waals surface area contributed by atoms with Gasteiger partial charge in [-0.1, -0.05) is 6.42 Å². The van der Waals surface area contributed by atoms with Gasteiger partial charge in [0.1, 0.15) is 5.75 Å². The van der Waals surface area contributed by atoms with Crippen LogP contribution < -0.4 is 4.74 Å². The van der Waals surface area contributed by atoms with E-state index in [9.17, 15) is 4.79 Å². The first-order valence-electron chi connectivity index (χ1n) is 8.54. The number of carbonyl (C=O) groups excluding carboxylic acids is 1. The summed E-state index contributed by atoms with van der Waals surface area (Å²) < 4.78 is 7.72. The van der Waals surface area contributed by atoms with E-state index in [1.165, 1.54) is 6.42 Å². The van der Waals surface area contributed by atoms with Gasteiger partial charge in [-0.05, 0) is 25.0 Å². The molecule has 2 aliphatic rings. The first-order chi connectivity index (χ1) is 11.7. The van der Waals surface area contributed by atoms with Crippen molar-refractivity contribution in [1.29, 1.82) is 0 Å². The van der Waals surface area contributed by atoms with Gasteiger partial charge in [0.25, 0.3) is 0 Å². The number of aromatic nitrogens is 3. The summed E-state index contributed by atoms with van der Waals surface area (Å²) in [5.74, 6) is 1.36. The molecular weight excluding hydrogens is 304 g/mol. The van der Waals surface area contributed by atoms with Crippen molar-refractivity contribution < 1.29 is 9.53 Å². The topological polar surface area (TPSA) is 60.2 Å². The summed E-state index contributed by atoms with van der Waals surface area (Å²) in [7, 11) is 1.93. The Morgan fingerprint density at radius 1 is 1.42 bits per heavy atom. The summed E-state index contributed by atoms with van der Waals surface area (Å²) in [6.45, 7) is 1.85. The van der Waals surface area contributed by atoms with Crippen molar-refractivity contribution >= 4 is 5.91 Å². The molecule has 0 bridgehead atoms. The van der Waals surface area contributed by atoms with Gasteiger partial charge in [0.15, 0.2) is 0 Å². The van der Waals surface area contributed by atoms with Crippen molar-refractivity contribution in [3.8, 4) is 5.75 Å². The number of hydrogen-bond donors (Lipinski definition) is 0. The number of aryl methyl sites for hydroxylation is 1. The predicted molar refractivity (Wildman–Crippen MR) is 88.4 cm³/mol. The fraction of sp³-hybridized carbons (Fsp3) is 0.500. The molecule has 6 heteroatoms. The van der Waals surface area contributed by atoms with Crippen LogP contribution >= 0.6 is 0 Å².